The number of benzene rings is 1. The molecule has 7 heteroatoms. The van der Waals surface area contributed by atoms with Gasteiger partial charge in [-0.3, -0.25) is 19.3 Å². The minimum absolute atomic E-state index is 0.00299. The molecule has 7 nitrogen and oxygen atoms in total. The first kappa shape index (κ1) is 21.7. The van der Waals surface area contributed by atoms with Crippen molar-refractivity contribution in [3.63, 3.8) is 0 Å². The summed E-state index contributed by atoms with van der Waals surface area (Å²) in [4.78, 5) is 34.1. The van der Waals surface area contributed by atoms with E-state index in [1.54, 1.807) is 29.3 Å². The molecule has 1 atom stereocenters. The molecule has 4 rings (SSSR count). The number of nitrogens with zero attached hydrogens (tertiary/aromatic N) is 5. The third-order valence-corrected chi connectivity index (χ3v) is 5.88. The molecule has 3 aromatic rings. The third-order valence-electron chi connectivity index (χ3n) is 5.88. The number of hydrogen-bond acceptors (Lipinski definition) is 4. The van der Waals surface area contributed by atoms with E-state index in [1.807, 2.05) is 28.1 Å². The lowest BCUT2D eigenvalue weighted by atomic mass is 9.96. The van der Waals surface area contributed by atoms with E-state index in [1.165, 1.54) is 0 Å². The Bertz CT molecular complexity index is 1020. The topological polar surface area (TPSA) is 71.3 Å². The van der Waals surface area contributed by atoms with Crippen LogP contribution in [0.15, 0.2) is 67.3 Å². The number of carbonyl (C=O) groups excluding carboxylic acids is 2. The van der Waals surface area contributed by atoms with Crippen LogP contribution in [0, 0.1) is 5.92 Å². The molecule has 0 radical (unpaired) electrons. The maximum Gasteiger partial charge on any atom is 0.244 e. The van der Waals surface area contributed by atoms with Crippen LogP contribution in [-0.2, 0) is 22.6 Å². The Kier molecular flexibility index (Phi) is 6.94. The SMILES string of the molecule is CCCN1CCN(C(=O)Cn2cccn2)CC(Cc2ccc(-c3cccnc3)cc2)C1=O. The Morgan fingerprint density at radius 3 is 2.59 bits per heavy atom. The summed E-state index contributed by atoms with van der Waals surface area (Å²) < 4.78 is 1.63. The van der Waals surface area contributed by atoms with Crippen molar-refractivity contribution in [2.45, 2.75) is 26.3 Å². The predicted octanol–water partition coefficient (Wildman–Crippen LogP) is 2.88. The van der Waals surface area contributed by atoms with Gasteiger partial charge in [-0.05, 0) is 41.7 Å². The van der Waals surface area contributed by atoms with Crippen LogP contribution >= 0.6 is 0 Å². The normalized spacial score (nSPS) is 16.8. The summed E-state index contributed by atoms with van der Waals surface area (Å²) in [6, 6.07) is 14.0. The number of rotatable bonds is 7. The first-order chi connectivity index (χ1) is 15.6. The van der Waals surface area contributed by atoms with Crippen molar-refractivity contribution in [3.05, 3.63) is 72.8 Å². The Labute approximate surface area is 188 Å². The van der Waals surface area contributed by atoms with Crippen LogP contribution in [0.5, 0.6) is 0 Å². The second-order valence-electron chi connectivity index (χ2n) is 8.21. The summed E-state index contributed by atoms with van der Waals surface area (Å²) in [5.74, 6) is -0.121. The number of amides is 2. The van der Waals surface area contributed by atoms with Gasteiger partial charge in [0, 0.05) is 51.0 Å². The maximum atomic E-state index is 13.3. The van der Waals surface area contributed by atoms with E-state index in [0.717, 1.165) is 29.7 Å². The highest BCUT2D eigenvalue weighted by Gasteiger charge is 2.32. The van der Waals surface area contributed by atoms with Gasteiger partial charge in [0.05, 0.1) is 5.92 Å². The fraction of sp³-hybridized carbons (Fsp3) is 0.360. The molecule has 0 saturated carbocycles. The number of pyridine rings is 1. The van der Waals surface area contributed by atoms with Gasteiger partial charge in [0.2, 0.25) is 11.8 Å². The Balaban J connectivity index is 1.49. The monoisotopic (exact) mass is 431 g/mol. The minimum Gasteiger partial charge on any atom is -0.341 e. The Morgan fingerprint density at radius 2 is 1.91 bits per heavy atom. The van der Waals surface area contributed by atoms with E-state index < -0.39 is 0 Å². The van der Waals surface area contributed by atoms with Crippen molar-refractivity contribution in [1.82, 2.24) is 24.6 Å². The van der Waals surface area contributed by atoms with Crippen molar-refractivity contribution in [2.24, 2.45) is 5.92 Å². The fourth-order valence-electron chi connectivity index (χ4n) is 4.20. The molecule has 2 aromatic heterocycles. The second kappa shape index (κ2) is 10.2. The van der Waals surface area contributed by atoms with E-state index in [-0.39, 0.29) is 24.3 Å². The first-order valence-corrected chi connectivity index (χ1v) is 11.2. The molecule has 1 fully saturated rings. The highest BCUT2D eigenvalue weighted by atomic mass is 16.2. The molecule has 0 bridgehead atoms. The van der Waals surface area contributed by atoms with Crippen molar-refractivity contribution < 1.29 is 9.59 Å². The second-order valence-corrected chi connectivity index (χ2v) is 8.21. The quantitative estimate of drug-likeness (QED) is 0.577. The molecule has 1 aliphatic rings. The summed E-state index contributed by atoms with van der Waals surface area (Å²) in [6.07, 6.45) is 8.57. The molecule has 1 aliphatic heterocycles. The number of aromatic nitrogens is 3. The van der Waals surface area contributed by atoms with Gasteiger partial charge in [-0.1, -0.05) is 37.3 Å². The van der Waals surface area contributed by atoms with Crippen LogP contribution in [0.1, 0.15) is 18.9 Å². The minimum atomic E-state index is -0.255. The van der Waals surface area contributed by atoms with E-state index >= 15 is 0 Å². The van der Waals surface area contributed by atoms with Crippen LogP contribution in [0.3, 0.4) is 0 Å². The van der Waals surface area contributed by atoms with E-state index in [0.29, 0.717) is 26.1 Å². The number of carbonyl (C=O) groups is 2. The number of hydrogen-bond donors (Lipinski definition) is 0. The van der Waals surface area contributed by atoms with Crippen molar-refractivity contribution in [3.8, 4) is 11.1 Å². The Hall–Kier alpha value is -3.48. The zero-order chi connectivity index (χ0) is 22.3. The first-order valence-electron chi connectivity index (χ1n) is 11.2. The maximum absolute atomic E-state index is 13.3. The molecule has 166 valence electrons. The van der Waals surface area contributed by atoms with Gasteiger partial charge in [0.15, 0.2) is 0 Å². The lowest BCUT2D eigenvalue weighted by Crippen LogP contribution is -2.39. The van der Waals surface area contributed by atoms with Crippen LogP contribution in [-0.4, -0.2) is 62.6 Å². The summed E-state index contributed by atoms with van der Waals surface area (Å²) in [6.45, 7) is 4.56. The van der Waals surface area contributed by atoms with Crippen LogP contribution in [0.25, 0.3) is 11.1 Å². The molecule has 2 amide bonds. The van der Waals surface area contributed by atoms with E-state index in [4.69, 9.17) is 0 Å². The largest absolute Gasteiger partial charge is 0.341 e. The van der Waals surface area contributed by atoms with Gasteiger partial charge in [-0.2, -0.15) is 5.10 Å². The van der Waals surface area contributed by atoms with Gasteiger partial charge in [0.1, 0.15) is 6.54 Å². The van der Waals surface area contributed by atoms with Crippen LogP contribution in [0.4, 0.5) is 0 Å². The molecule has 32 heavy (non-hydrogen) atoms. The van der Waals surface area contributed by atoms with Gasteiger partial charge in [0.25, 0.3) is 0 Å². The van der Waals surface area contributed by atoms with E-state index in [2.05, 4.69) is 41.3 Å². The highest BCUT2D eigenvalue weighted by molar-refractivity contribution is 5.82. The molecule has 1 aromatic carbocycles. The molecule has 0 spiro atoms. The molecular weight excluding hydrogens is 402 g/mol. The summed E-state index contributed by atoms with van der Waals surface area (Å²) in [5, 5.41) is 4.14. The van der Waals surface area contributed by atoms with Crippen molar-refractivity contribution in [2.75, 3.05) is 26.2 Å². The standard InChI is InChI=1S/C25H29N5O2/c1-2-12-28-14-15-29(24(31)19-30-13-4-11-27-30)18-23(25(28)32)16-20-6-8-21(9-7-20)22-5-3-10-26-17-22/h3-11,13,17,23H,2,12,14-16,18-19H2,1H3. The molecule has 1 saturated heterocycles. The summed E-state index contributed by atoms with van der Waals surface area (Å²) in [5.41, 5.74) is 3.25. The highest BCUT2D eigenvalue weighted by Crippen LogP contribution is 2.22. The average Bonchev–Trinajstić information content (AvgIpc) is 3.28. The lowest BCUT2D eigenvalue weighted by molar-refractivity contribution is -0.135. The smallest absolute Gasteiger partial charge is 0.244 e. The van der Waals surface area contributed by atoms with Gasteiger partial charge < -0.3 is 9.80 Å². The Morgan fingerprint density at radius 1 is 1.06 bits per heavy atom. The van der Waals surface area contributed by atoms with Crippen molar-refractivity contribution >= 4 is 11.8 Å². The molecule has 1 unspecified atom stereocenters. The molecule has 0 N–H and O–H groups in total. The zero-order valence-electron chi connectivity index (χ0n) is 18.4. The predicted molar refractivity (Wildman–Crippen MR) is 123 cm³/mol. The van der Waals surface area contributed by atoms with Gasteiger partial charge >= 0.3 is 0 Å². The molecule has 3 heterocycles. The van der Waals surface area contributed by atoms with Gasteiger partial charge in [-0.15, -0.1) is 0 Å². The zero-order valence-corrected chi connectivity index (χ0v) is 18.4. The van der Waals surface area contributed by atoms with Crippen LogP contribution in [0.2, 0.25) is 0 Å². The summed E-state index contributed by atoms with van der Waals surface area (Å²) in [7, 11) is 0. The molecule has 0 aliphatic carbocycles. The summed E-state index contributed by atoms with van der Waals surface area (Å²) >= 11 is 0. The van der Waals surface area contributed by atoms with Crippen LogP contribution < -0.4 is 0 Å². The third kappa shape index (κ3) is 5.22. The fourth-order valence-corrected chi connectivity index (χ4v) is 4.20. The van der Waals surface area contributed by atoms with Gasteiger partial charge in [-0.25, -0.2) is 0 Å². The molecular formula is C25H29N5O2. The van der Waals surface area contributed by atoms with E-state index in [9.17, 15) is 9.59 Å². The average molecular weight is 432 g/mol. The van der Waals surface area contributed by atoms with Crippen molar-refractivity contribution in [1.29, 1.82) is 0 Å². The lowest BCUT2D eigenvalue weighted by Gasteiger charge is -2.24.